The fourth-order valence-corrected chi connectivity index (χ4v) is 2.35. The Labute approximate surface area is 133 Å². The van der Waals surface area contributed by atoms with Crippen LogP contribution < -0.4 is 4.74 Å². The second-order valence-electron chi connectivity index (χ2n) is 5.38. The molecule has 0 saturated carbocycles. The summed E-state index contributed by atoms with van der Waals surface area (Å²) < 4.78 is 5.77. The number of amides is 1. The molecule has 0 N–H and O–H groups in total. The summed E-state index contributed by atoms with van der Waals surface area (Å²) in [6.45, 7) is 9.76. The number of benzene rings is 1. The Morgan fingerprint density at radius 1 is 1.32 bits per heavy atom. The van der Waals surface area contributed by atoms with Gasteiger partial charge in [-0.25, -0.2) is 0 Å². The minimum absolute atomic E-state index is 0.0702. The number of carbonyl (C=O) groups excluding carboxylic acids is 1. The third kappa shape index (κ3) is 4.77. The van der Waals surface area contributed by atoms with E-state index in [1.54, 1.807) is 4.90 Å². The van der Waals surface area contributed by atoms with Gasteiger partial charge in [-0.2, -0.15) is 5.26 Å². The van der Waals surface area contributed by atoms with Gasteiger partial charge in [-0.3, -0.25) is 4.79 Å². The number of rotatable bonds is 8. The highest BCUT2D eigenvalue weighted by Gasteiger charge is 2.21. The highest BCUT2D eigenvalue weighted by atomic mass is 16.5. The highest BCUT2D eigenvalue weighted by Crippen LogP contribution is 2.21. The SMILES string of the molecule is CCN(CC)C(=O)C(C#N)CCCOc1cccc(C)c1C. The Bertz CT molecular complexity index is 530. The predicted molar refractivity (Wildman–Crippen MR) is 87.7 cm³/mol. The van der Waals surface area contributed by atoms with Crippen LogP contribution in [-0.4, -0.2) is 30.5 Å². The molecular formula is C18H26N2O2. The van der Waals surface area contributed by atoms with Crippen molar-refractivity contribution in [3.05, 3.63) is 29.3 Å². The third-order valence-electron chi connectivity index (χ3n) is 3.98. The Hall–Kier alpha value is -2.02. The second kappa shape index (κ2) is 9.09. The number of hydrogen-bond donors (Lipinski definition) is 0. The van der Waals surface area contributed by atoms with E-state index in [2.05, 4.69) is 19.1 Å². The zero-order chi connectivity index (χ0) is 16.5. The van der Waals surface area contributed by atoms with Crippen LogP contribution in [0.1, 0.15) is 37.8 Å². The van der Waals surface area contributed by atoms with Crippen LogP contribution in [0.15, 0.2) is 18.2 Å². The lowest BCUT2D eigenvalue weighted by Crippen LogP contribution is -2.35. The Morgan fingerprint density at radius 3 is 2.59 bits per heavy atom. The van der Waals surface area contributed by atoms with Gasteiger partial charge in [0.15, 0.2) is 0 Å². The summed E-state index contributed by atoms with van der Waals surface area (Å²) in [5.74, 6) is 0.241. The lowest BCUT2D eigenvalue weighted by Gasteiger charge is -2.21. The summed E-state index contributed by atoms with van der Waals surface area (Å²) in [4.78, 5) is 13.9. The van der Waals surface area contributed by atoms with Crippen molar-refractivity contribution in [3.8, 4) is 11.8 Å². The molecule has 120 valence electrons. The number of aryl methyl sites for hydroxylation is 1. The second-order valence-corrected chi connectivity index (χ2v) is 5.38. The fourth-order valence-electron chi connectivity index (χ4n) is 2.35. The van der Waals surface area contributed by atoms with Crippen molar-refractivity contribution in [1.29, 1.82) is 5.26 Å². The Balaban J connectivity index is 2.47. The maximum Gasteiger partial charge on any atom is 0.239 e. The molecule has 4 heteroatoms. The summed E-state index contributed by atoms with van der Waals surface area (Å²) in [5, 5.41) is 9.19. The van der Waals surface area contributed by atoms with Crippen molar-refractivity contribution in [1.82, 2.24) is 4.90 Å². The molecule has 4 nitrogen and oxygen atoms in total. The van der Waals surface area contributed by atoms with Crippen LogP contribution in [0.2, 0.25) is 0 Å². The van der Waals surface area contributed by atoms with Crippen LogP contribution in [0.25, 0.3) is 0 Å². The predicted octanol–water partition coefficient (Wildman–Crippen LogP) is 3.47. The van der Waals surface area contributed by atoms with Gasteiger partial charge in [0.05, 0.1) is 12.7 Å². The summed E-state index contributed by atoms with van der Waals surface area (Å²) in [5.41, 5.74) is 2.34. The molecule has 1 amide bonds. The van der Waals surface area contributed by atoms with Crippen LogP contribution in [0.5, 0.6) is 5.75 Å². The van der Waals surface area contributed by atoms with E-state index in [0.717, 1.165) is 11.3 Å². The highest BCUT2D eigenvalue weighted by molar-refractivity contribution is 5.81. The van der Waals surface area contributed by atoms with Crippen LogP contribution in [0, 0.1) is 31.1 Å². The van der Waals surface area contributed by atoms with Crippen molar-refractivity contribution >= 4 is 5.91 Å². The normalized spacial score (nSPS) is 11.6. The quantitative estimate of drug-likeness (QED) is 0.691. The zero-order valence-corrected chi connectivity index (χ0v) is 14.1. The first-order chi connectivity index (χ1) is 10.5. The topological polar surface area (TPSA) is 53.3 Å². The van der Waals surface area contributed by atoms with Crippen molar-refractivity contribution < 1.29 is 9.53 Å². The molecular weight excluding hydrogens is 276 g/mol. The molecule has 0 aliphatic carbocycles. The number of ether oxygens (including phenoxy) is 1. The van der Waals surface area contributed by atoms with Gasteiger partial charge in [0.1, 0.15) is 11.7 Å². The van der Waals surface area contributed by atoms with E-state index < -0.39 is 5.92 Å². The van der Waals surface area contributed by atoms with E-state index in [1.807, 2.05) is 32.9 Å². The van der Waals surface area contributed by atoms with Crippen molar-refractivity contribution in [2.45, 2.75) is 40.5 Å². The first-order valence-corrected chi connectivity index (χ1v) is 7.92. The maximum atomic E-state index is 12.2. The van der Waals surface area contributed by atoms with E-state index in [1.165, 1.54) is 5.56 Å². The fraction of sp³-hybridized carbons (Fsp3) is 0.556. The Morgan fingerprint density at radius 2 is 2.00 bits per heavy atom. The zero-order valence-electron chi connectivity index (χ0n) is 14.1. The molecule has 0 saturated heterocycles. The molecule has 1 aromatic carbocycles. The minimum atomic E-state index is -0.567. The molecule has 1 aromatic rings. The largest absolute Gasteiger partial charge is 0.493 e. The van der Waals surface area contributed by atoms with Gasteiger partial charge in [0.2, 0.25) is 5.91 Å². The van der Waals surface area contributed by atoms with Crippen molar-refractivity contribution in [2.24, 2.45) is 5.92 Å². The number of hydrogen-bond acceptors (Lipinski definition) is 3. The summed E-state index contributed by atoms with van der Waals surface area (Å²) >= 11 is 0. The van der Waals surface area contributed by atoms with Crippen LogP contribution in [0.4, 0.5) is 0 Å². The maximum absolute atomic E-state index is 12.2. The van der Waals surface area contributed by atoms with Gasteiger partial charge in [-0.15, -0.1) is 0 Å². The van der Waals surface area contributed by atoms with Gasteiger partial charge >= 0.3 is 0 Å². The van der Waals surface area contributed by atoms with E-state index in [-0.39, 0.29) is 5.91 Å². The van der Waals surface area contributed by atoms with E-state index in [9.17, 15) is 10.1 Å². The van der Waals surface area contributed by atoms with E-state index >= 15 is 0 Å². The first kappa shape index (κ1) is 18.0. The lowest BCUT2D eigenvalue weighted by molar-refractivity contribution is -0.133. The van der Waals surface area contributed by atoms with Crippen molar-refractivity contribution in [2.75, 3.05) is 19.7 Å². The van der Waals surface area contributed by atoms with Crippen LogP contribution in [-0.2, 0) is 4.79 Å². The van der Waals surface area contributed by atoms with Crippen molar-refractivity contribution in [3.63, 3.8) is 0 Å². The van der Waals surface area contributed by atoms with Gasteiger partial charge in [0.25, 0.3) is 0 Å². The first-order valence-electron chi connectivity index (χ1n) is 7.92. The lowest BCUT2D eigenvalue weighted by atomic mass is 10.0. The average molecular weight is 302 g/mol. The number of nitriles is 1. The van der Waals surface area contributed by atoms with E-state index in [0.29, 0.717) is 32.5 Å². The molecule has 0 aliphatic rings. The molecule has 0 spiro atoms. The summed E-state index contributed by atoms with van der Waals surface area (Å²) in [6, 6.07) is 8.10. The molecule has 0 heterocycles. The summed E-state index contributed by atoms with van der Waals surface area (Å²) in [7, 11) is 0. The monoisotopic (exact) mass is 302 g/mol. The molecule has 0 aromatic heterocycles. The van der Waals surface area contributed by atoms with Gasteiger partial charge in [-0.05, 0) is 57.7 Å². The molecule has 1 rings (SSSR count). The number of carbonyl (C=O) groups is 1. The molecule has 1 atom stereocenters. The third-order valence-corrected chi connectivity index (χ3v) is 3.98. The van der Waals surface area contributed by atoms with Crippen LogP contribution >= 0.6 is 0 Å². The van der Waals surface area contributed by atoms with Gasteiger partial charge in [-0.1, -0.05) is 12.1 Å². The molecule has 0 aliphatic heterocycles. The molecule has 22 heavy (non-hydrogen) atoms. The molecule has 0 radical (unpaired) electrons. The number of nitrogens with zero attached hydrogens (tertiary/aromatic N) is 2. The standard InChI is InChI=1S/C18H26N2O2/c1-5-20(6-2)18(21)16(13-19)10-8-12-22-17-11-7-9-14(3)15(17)4/h7,9,11,16H,5-6,8,10,12H2,1-4H3. The minimum Gasteiger partial charge on any atom is -0.493 e. The molecule has 0 bridgehead atoms. The smallest absolute Gasteiger partial charge is 0.239 e. The van der Waals surface area contributed by atoms with Gasteiger partial charge < -0.3 is 9.64 Å². The molecule has 1 unspecified atom stereocenters. The van der Waals surface area contributed by atoms with Crippen LogP contribution in [0.3, 0.4) is 0 Å². The average Bonchev–Trinajstić information content (AvgIpc) is 2.52. The van der Waals surface area contributed by atoms with Gasteiger partial charge in [0, 0.05) is 13.1 Å². The Kier molecular flexibility index (Phi) is 7.45. The van der Waals surface area contributed by atoms with E-state index in [4.69, 9.17) is 4.74 Å². The molecule has 0 fully saturated rings. The summed E-state index contributed by atoms with van der Waals surface area (Å²) in [6.07, 6.45) is 1.23.